The third kappa shape index (κ3) is 8.39. The number of hydrogen-bond acceptors (Lipinski definition) is 3. The Morgan fingerprint density at radius 1 is 1.31 bits per heavy atom. The lowest BCUT2D eigenvalue weighted by atomic mass is 10.1. The Bertz CT molecular complexity index is 534. The van der Waals surface area contributed by atoms with E-state index >= 15 is 0 Å². The summed E-state index contributed by atoms with van der Waals surface area (Å²) in [5.41, 5.74) is 1.05. The van der Waals surface area contributed by atoms with Crippen LogP contribution in [-0.4, -0.2) is 57.2 Å². The zero-order chi connectivity index (χ0) is 19.4. The molecule has 0 aliphatic rings. The van der Waals surface area contributed by atoms with Crippen LogP contribution in [0.2, 0.25) is 5.02 Å². The molecule has 2 atom stereocenters. The molecular formula is C20H35ClN4O. The molecule has 148 valence electrons. The molecule has 0 heterocycles. The number of methoxy groups -OCH3 is 1. The number of rotatable bonds is 11. The van der Waals surface area contributed by atoms with Gasteiger partial charge in [-0.05, 0) is 57.1 Å². The first-order chi connectivity index (χ1) is 12.5. The van der Waals surface area contributed by atoms with Crippen molar-refractivity contribution in [3.63, 3.8) is 0 Å². The molecule has 1 aromatic rings. The molecule has 0 aliphatic heterocycles. The minimum Gasteiger partial charge on any atom is -0.375 e. The van der Waals surface area contributed by atoms with Crippen LogP contribution < -0.4 is 10.6 Å². The Morgan fingerprint density at radius 3 is 2.62 bits per heavy atom. The maximum absolute atomic E-state index is 6.08. The van der Waals surface area contributed by atoms with Gasteiger partial charge in [0.1, 0.15) is 0 Å². The van der Waals surface area contributed by atoms with Gasteiger partial charge in [-0.25, -0.2) is 0 Å². The molecule has 0 amide bonds. The van der Waals surface area contributed by atoms with Gasteiger partial charge >= 0.3 is 0 Å². The maximum Gasteiger partial charge on any atom is 0.191 e. The fourth-order valence-corrected chi connectivity index (χ4v) is 3.09. The number of guanidine groups is 1. The van der Waals surface area contributed by atoms with Gasteiger partial charge in [0.15, 0.2) is 5.96 Å². The van der Waals surface area contributed by atoms with Crippen molar-refractivity contribution < 1.29 is 4.74 Å². The van der Waals surface area contributed by atoms with Crippen molar-refractivity contribution in [2.45, 2.75) is 45.8 Å². The van der Waals surface area contributed by atoms with E-state index in [1.165, 1.54) is 6.42 Å². The summed E-state index contributed by atoms with van der Waals surface area (Å²) < 4.78 is 5.60. The van der Waals surface area contributed by atoms with Crippen LogP contribution >= 0.6 is 11.6 Å². The van der Waals surface area contributed by atoms with Gasteiger partial charge in [0.2, 0.25) is 0 Å². The predicted molar refractivity (Wildman–Crippen MR) is 112 cm³/mol. The van der Waals surface area contributed by atoms with Gasteiger partial charge in [0.05, 0.1) is 6.10 Å². The summed E-state index contributed by atoms with van der Waals surface area (Å²) in [6, 6.07) is 8.13. The molecule has 0 fully saturated rings. The second-order valence-electron chi connectivity index (χ2n) is 6.45. The molecule has 0 saturated carbocycles. The van der Waals surface area contributed by atoms with E-state index < -0.39 is 0 Å². The highest BCUT2D eigenvalue weighted by Crippen LogP contribution is 2.19. The summed E-state index contributed by atoms with van der Waals surface area (Å²) in [4.78, 5) is 6.78. The SMILES string of the molecule is CCN(CC)CCCC(C)NC(=NC)NCC(OC)c1cccc(Cl)c1. The first kappa shape index (κ1) is 22.7. The smallest absolute Gasteiger partial charge is 0.191 e. The number of hydrogen-bond donors (Lipinski definition) is 2. The number of halogens is 1. The Hall–Kier alpha value is -1.30. The van der Waals surface area contributed by atoms with Crippen LogP contribution in [0.3, 0.4) is 0 Å². The first-order valence-corrected chi connectivity index (χ1v) is 9.89. The molecule has 0 saturated heterocycles. The predicted octanol–water partition coefficient (Wildman–Crippen LogP) is 3.70. The second kappa shape index (κ2) is 13.0. The third-order valence-corrected chi connectivity index (χ3v) is 4.81. The molecule has 0 spiro atoms. The molecule has 2 unspecified atom stereocenters. The molecule has 0 aromatic heterocycles. The highest BCUT2D eigenvalue weighted by molar-refractivity contribution is 6.30. The van der Waals surface area contributed by atoms with Crippen molar-refractivity contribution in [2.75, 3.05) is 40.3 Å². The minimum atomic E-state index is -0.0785. The van der Waals surface area contributed by atoms with E-state index in [9.17, 15) is 0 Å². The fraction of sp³-hybridized carbons (Fsp3) is 0.650. The maximum atomic E-state index is 6.08. The van der Waals surface area contributed by atoms with Crippen LogP contribution in [0.4, 0.5) is 0 Å². The van der Waals surface area contributed by atoms with Crippen LogP contribution in [-0.2, 0) is 4.74 Å². The molecule has 1 rings (SSSR count). The molecular weight excluding hydrogens is 348 g/mol. The van der Waals surface area contributed by atoms with Gasteiger partial charge < -0.3 is 20.3 Å². The Labute approximate surface area is 164 Å². The highest BCUT2D eigenvalue weighted by atomic mass is 35.5. The molecule has 5 nitrogen and oxygen atoms in total. The van der Waals surface area contributed by atoms with Crippen LogP contribution in [0.5, 0.6) is 0 Å². The minimum absolute atomic E-state index is 0.0785. The lowest BCUT2D eigenvalue weighted by molar-refractivity contribution is 0.106. The third-order valence-electron chi connectivity index (χ3n) is 4.57. The van der Waals surface area contributed by atoms with Crippen molar-refractivity contribution in [1.29, 1.82) is 0 Å². The fourth-order valence-electron chi connectivity index (χ4n) is 2.89. The molecule has 0 aliphatic carbocycles. The van der Waals surface area contributed by atoms with Gasteiger partial charge in [-0.3, -0.25) is 4.99 Å². The van der Waals surface area contributed by atoms with Crippen molar-refractivity contribution in [1.82, 2.24) is 15.5 Å². The molecule has 1 aromatic carbocycles. The average Bonchev–Trinajstić information content (AvgIpc) is 2.64. The van der Waals surface area contributed by atoms with Gasteiger partial charge in [0.25, 0.3) is 0 Å². The van der Waals surface area contributed by atoms with Crippen molar-refractivity contribution >= 4 is 17.6 Å². The van der Waals surface area contributed by atoms with E-state index in [1.54, 1.807) is 14.2 Å². The zero-order valence-electron chi connectivity index (χ0n) is 16.9. The Balaban J connectivity index is 2.43. The van der Waals surface area contributed by atoms with Gasteiger partial charge in [-0.2, -0.15) is 0 Å². The highest BCUT2D eigenvalue weighted by Gasteiger charge is 2.13. The molecule has 2 N–H and O–H groups in total. The number of benzene rings is 1. The van der Waals surface area contributed by atoms with Crippen LogP contribution in [0, 0.1) is 0 Å². The normalized spacial score (nSPS) is 14.3. The zero-order valence-corrected chi connectivity index (χ0v) is 17.6. The monoisotopic (exact) mass is 382 g/mol. The molecule has 6 heteroatoms. The number of ether oxygens (including phenoxy) is 1. The lowest BCUT2D eigenvalue weighted by Crippen LogP contribution is -2.44. The largest absolute Gasteiger partial charge is 0.375 e. The van der Waals surface area contributed by atoms with Gasteiger partial charge in [-0.15, -0.1) is 0 Å². The summed E-state index contributed by atoms with van der Waals surface area (Å²) >= 11 is 6.08. The number of nitrogens with zero attached hydrogens (tertiary/aromatic N) is 2. The van der Waals surface area contributed by atoms with Crippen molar-refractivity contribution in [2.24, 2.45) is 4.99 Å². The van der Waals surface area contributed by atoms with Gasteiger partial charge in [-0.1, -0.05) is 37.6 Å². The van der Waals surface area contributed by atoms with Crippen molar-refractivity contribution in [3.05, 3.63) is 34.9 Å². The number of aliphatic imine (C=N–C) groups is 1. The van der Waals surface area contributed by atoms with Crippen LogP contribution in [0.15, 0.2) is 29.3 Å². The standard InChI is InChI=1S/C20H35ClN4O/c1-6-25(7-2)13-9-10-16(3)24-20(22-4)23-15-19(26-5)17-11-8-12-18(21)14-17/h8,11-12,14,16,19H,6-7,9-10,13,15H2,1-5H3,(H2,22,23,24). The Kier molecular flexibility index (Phi) is 11.3. The first-order valence-electron chi connectivity index (χ1n) is 9.51. The van der Waals surface area contributed by atoms with E-state index in [2.05, 4.69) is 41.3 Å². The lowest BCUT2D eigenvalue weighted by Gasteiger charge is -2.22. The van der Waals surface area contributed by atoms with Crippen molar-refractivity contribution in [3.8, 4) is 0 Å². The quantitative estimate of drug-likeness (QED) is 0.452. The van der Waals surface area contributed by atoms with E-state index in [-0.39, 0.29) is 6.10 Å². The molecule has 0 bridgehead atoms. The average molecular weight is 383 g/mol. The van der Waals surface area contributed by atoms with Crippen LogP contribution in [0.1, 0.15) is 45.3 Å². The summed E-state index contributed by atoms with van der Waals surface area (Å²) in [6.07, 6.45) is 2.21. The molecule has 26 heavy (non-hydrogen) atoms. The van der Waals surface area contributed by atoms with E-state index in [0.29, 0.717) is 17.6 Å². The van der Waals surface area contributed by atoms with E-state index in [0.717, 1.165) is 37.6 Å². The summed E-state index contributed by atoms with van der Waals surface area (Å²) in [5, 5.41) is 7.53. The van der Waals surface area contributed by atoms with E-state index in [1.807, 2.05) is 24.3 Å². The number of nitrogens with one attached hydrogen (secondary N) is 2. The summed E-state index contributed by atoms with van der Waals surface area (Å²) in [5.74, 6) is 0.796. The summed E-state index contributed by atoms with van der Waals surface area (Å²) in [6.45, 7) is 10.6. The van der Waals surface area contributed by atoms with Crippen LogP contribution in [0.25, 0.3) is 0 Å². The Morgan fingerprint density at radius 2 is 2.04 bits per heavy atom. The second-order valence-corrected chi connectivity index (χ2v) is 6.88. The topological polar surface area (TPSA) is 48.9 Å². The van der Waals surface area contributed by atoms with E-state index in [4.69, 9.17) is 16.3 Å². The summed E-state index contributed by atoms with van der Waals surface area (Å²) in [7, 11) is 3.50. The van der Waals surface area contributed by atoms with Gasteiger partial charge in [0, 0.05) is 31.8 Å². The molecule has 0 radical (unpaired) electrons.